The molecule has 3 aromatic carbocycles. The highest BCUT2D eigenvalue weighted by molar-refractivity contribution is 6.44. The molecule has 2 aliphatic rings. The number of aliphatic imine (C=N–C) groups is 1. The fraction of sp³-hybridized carbons (Fsp3) is 0.176. The summed E-state index contributed by atoms with van der Waals surface area (Å²) in [6.07, 6.45) is 2.91. The van der Waals surface area contributed by atoms with Gasteiger partial charge >= 0.3 is 5.97 Å². The molecule has 1 heterocycles. The van der Waals surface area contributed by atoms with E-state index in [1.165, 1.54) is 19.2 Å². The summed E-state index contributed by atoms with van der Waals surface area (Å²) in [5.74, 6) is -5.12. The zero-order chi connectivity index (χ0) is 34.5. The Morgan fingerprint density at radius 3 is 2.48 bits per heavy atom. The Balaban J connectivity index is 1.43. The van der Waals surface area contributed by atoms with Crippen molar-refractivity contribution in [2.45, 2.75) is 32.4 Å². The molecule has 0 bridgehead atoms. The van der Waals surface area contributed by atoms with E-state index in [-0.39, 0.29) is 40.5 Å². The number of amides is 3. The molecule has 0 spiro atoms. The third kappa shape index (κ3) is 7.12. The van der Waals surface area contributed by atoms with Gasteiger partial charge < -0.3 is 36.5 Å². The lowest BCUT2D eigenvalue weighted by Gasteiger charge is -2.21. The molecule has 0 saturated heterocycles. The fourth-order valence-electron chi connectivity index (χ4n) is 5.38. The second-order valence-electron chi connectivity index (χ2n) is 10.9. The Bertz CT molecular complexity index is 1940. The van der Waals surface area contributed by atoms with Gasteiger partial charge in [0, 0.05) is 18.4 Å². The predicted molar refractivity (Wildman–Crippen MR) is 172 cm³/mol. The number of halogens is 2. The number of benzene rings is 3. The summed E-state index contributed by atoms with van der Waals surface area (Å²) in [4.78, 5) is 56.0. The highest BCUT2D eigenvalue weighted by Gasteiger charge is 2.30. The van der Waals surface area contributed by atoms with Gasteiger partial charge in [-0.1, -0.05) is 12.1 Å². The van der Waals surface area contributed by atoms with E-state index in [1.54, 1.807) is 37.3 Å². The van der Waals surface area contributed by atoms with Gasteiger partial charge in [0.25, 0.3) is 17.7 Å². The Kier molecular flexibility index (Phi) is 9.73. The SMILES string of the molecule is COc1ccc(NC(=O)/C(C=N)=C2\N=C(C(=O)NCc3ccc(F)c(F)c3)C=C(C(=O)N[C@H]3CCc4c3ccc(C(=O)O)c4C)N2)cc1. The summed E-state index contributed by atoms with van der Waals surface area (Å²) in [7, 11) is 1.49. The Morgan fingerprint density at radius 2 is 1.81 bits per heavy atom. The number of methoxy groups -OCH3 is 1. The van der Waals surface area contributed by atoms with Gasteiger partial charge in [-0.15, -0.1) is 0 Å². The molecule has 3 amide bonds. The Morgan fingerprint density at radius 1 is 1.06 bits per heavy atom. The van der Waals surface area contributed by atoms with Crippen LogP contribution in [0.5, 0.6) is 5.75 Å². The average molecular weight is 657 g/mol. The number of hydrogen-bond donors (Lipinski definition) is 6. The van der Waals surface area contributed by atoms with Crippen molar-refractivity contribution < 1.29 is 37.8 Å². The highest BCUT2D eigenvalue weighted by atomic mass is 19.2. The third-order valence-corrected chi connectivity index (χ3v) is 7.90. The smallest absolute Gasteiger partial charge is 0.335 e. The summed E-state index contributed by atoms with van der Waals surface area (Å²) in [6, 6.07) is 12.2. The summed E-state index contributed by atoms with van der Waals surface area (Å²) in [5.41, 5.74) is 2.23. The van der Waals surface area contributed by atoms with Gasteiger partial charge in [0.05, 0.1) is 24.3 Å². The van der Waals surface area contributed by atoms with Crippen LogP contribution in [0.4, 0.5) is 14.5 Å². The highest BCUT2D eigenvalue weighted by Crippen LogP contribution is 2.35. The number of carbonyl (C=O) groups excluding carboxylic acids is 3. The number of ether oxygens (including phenoxy) is 1. The second kappa shape index (κ2) is 14.1. The van der Waals surface area contributed by atoms with Gasteiger partial charge in [0.15, 0.2) is 11.6 Å². The average Bonchev–Trinajstić information content (AvgIpc) is 3.49. The van der Waals surface area contributed by atoms with Gasteiger partial charge in [0.1, 0.15) is 23.0 Å². The maximum atomic E-state index is 13.7. The number of nitrogens with one attached hydrogen (secondary N) is 5. The lowest BCUT2D eigenvalue weighted by molar-refractivity contribution is -0.118. The van der Waals surface area contributed by atoms with Crippen LogP contribution in [-0.4, -0.2) is 47.8 Å². The van der Waals surface area contributed by atoms with Gasteiger partial charge in [-0.05, 0) is 90.6 Å². The van der Waals surface area contributed by atoms with Crippen molar-refractivity contribution in [3.63, 3.8) is 0 Å². The van der Waals surface area contributed by atoms with E-state index in [9.17, 15) is 33.1 Å². The molecule has 0 fully saturated rings. The molecule has 48 heavy (non-hydrogen) atoms. The zero-order valence-corrected chi connectivity index (χ0v) is 25.7. The molecule has 1 aliphatic heterocycles. The lowest BCUT2D eigenvalue weighted by Crippen LogP contribution is -2.39. The standard InChI is InChI=1S/C34H30F2N6O6/c1-17-21-10-12-27(23(21)9-8-22(17)34(46)47)42-33(45)29-14-28(32(44)38-16-18-3-11-25(35)26(36)13-18)40-30(41-29)24(15-37)31(43)39-19-4-6-20(48-2)7-5-19/h3-9,11,13-15,27,37,41H,10,12,16H2,1-2H3,(H,38,44)(H,39,43)(H,42,45)(H,46,47)/b30-24+,37-15?/t27-/m0/s1. The van der Waals surface area contributed by atoms with E-state index in [0.29, 0.717) is 29.8 Å². The first kappa shape index (κ1) is 33.2. The van der Waals surface area contributed by atoms with Gasteiger partial charge in [-0.2, -0.15) is 0 Å². The number of nitrogens with zero attached hydrogens (tertiary/aromatic N) is 1. The van der Waals surface area contributed by atoms with Gasteiger partial charge in [-0.25, -0.2) is 18.6 Å². The normalized spacial score (nSPS) is 16.0. The summed E-state index contributed by atoms with van der Waals surface area (Å²) < 4.78 is 32.2. The molecular weight excluding hydrogens is 626 g/mol. The molecule has 1 atom stereocenters. The number of rotatable bonds is 10. The zero-order valence-electron chi connectivity index (χ0n) is 25.7. The predicted octanol–water partition coefficient (Wildman–Crippen LogP) is 3.83. The van der Waals surface area contributed by atoms with Crippen molar-refractivity contribution in [3.05, 3.63) is 117 Å². The van der Waals surface area contributed by atoms with Crippen molar-refractivity contribution in [2.24, 2.45) is 4.99 Å². The summed E-state index contributed by atoms with van der Waals surface area (Å²) in [5, 5.41) is 28.3. The van der Waals surface area contributed by atoms with Gasteiger partial charge in [-0.3, -0.25) is 14.4 Å². The van der Waals surface area contributed by atoms with E-state index in [2.05, 4.69) is 26.3 Å². The minimum atomic E-state index is -1.09. The molecule has 5 rings (SSSR count). The van der Waals surface area contributed by atoms with Crippen molar-refractivity contribution >= 4 is 41.3 Å². The number of carboxylic acid groups (broad SMARTS) is 1. The van der Waals surface area contributed by atoms with Crippen LogP contribution in [0.25, 0.3) is 0 Å². The van der Waals surface area contributed by atoms with Crippen LogP contribution in [0.15, 0.2) is 82.8 Å². The molecule has 12 nitrogen and oxygen atoms in total. The second-order valence-corrected chi connectivity index (χ2v) is 10.9. The van der Waals surface area contributed by atoms with E-state index < -0.39 is 41.4 Å². The number of anilines is 1. The molecular formula is C34H30F2N6O6. The van der Waals surface area contributed by atoms with Crippen LogP contribution in [0.2, 0.25) is 0 Å². The van der Waals surface area contributed by atoms with Crippen molar-refractivity contribution in [2.75, 3.05) is 12.4 Å². The monoisotopic (exact) mass is 656 g/mol. The fourth-order valence-corrected chi connectivity index (χ4v) is 5.38. The molecule has 246 valence electrons. The van der Waals surface area contributed by atoms with E-state index in [4.69, 9.17) is 10.1 Å². The maximum absolute atomic E-state index is 13.7. The number of aromatic carboxylic acids is 1. The van der Waals surface area contributed by atoms with E-state index in [1.807, 2.05) is 0 Å². The lowest BCUT2D eigenvalue weighted by atomic mass is 9.98. The topological polar surface area (TPSA) is 182 Å². The first-order valence-electron chi connectivity index (χ1n) is 14.6. The maximum Gasteiger partial charge on any atom is 0.335 e. The van der Waals surface area contributed by atoms with Crippen LogP contribution < -0.4 is 26.0 Å². The molecule has 0 saturated carbocycles. The number of fused-ring (bicyclic) bond motifs is 1. The van der Waals surface area contributed by atoms with Crippen molar-refractivity contribution in [1.29, 1.82) is 5.41 Å². The van der Waals surface area contributed by atoms with E-state index in [0.717, 1.165) is 35.6 Å². The molecule has 3 aromatic rings. The largest absolute Gasteiger partial charge is 0.497 e. The summed E-state index contributed by atoms with van der Waals surface area (Å²) in [6.45, 7) is 1.51. The summed E-state index contributed by atoms with van der Waals surface area (Å²) >= 11 is 0. The van der Waals surface area contributed by atoms with Crippen molar-refractivity contribution in [1.82, 2.24) is 16.0 Å². The minimum absolute atomic E-state index is 0.165. The van der Waals surface area contributed by atoms with Crippen LogP contribution in [-0.2, 0) is 27.3 Å². The van der Waals surface area contributed by atoms with Crippen LogP contribution in [0.3, 0.4) is 0 Å². The third-order valence-electron chi connectivity index (χ3n) is 7.90. The first-order valence-corrected chi connectivity index (χ1v) is 14.6. The first-order chi connectivity index (χ1) is 23.0. The molecule has 0 aromatic heterocycles. The number of carboxylic acids is 1. The Labute approximate surface area is 273 Å². The molecule has 1 aliphatic carbocycles. The molecule has 0 unspecified atom stereocenters. The molecule has 14 heteroatoms. The van der Waals surface area contributed by atoms with Crippen LogP contribution >= 0.6 is 0 Å². The molecule has 0 radical (unpaired) electrons. The Hall–Kier alpha value is -6.18. The number of hydrogen-bond acceptors (Lipinski definition) is 8. The quantitative estimate of drug-likeness (QED) is 0.142. The van der Waals surface area contributed by atoms with E-state index >= 15 is 0 Å². The minimum Gasteiger partial charge on any atom is -0.497 e. The molecule has 6 N–H and O–H groups in total. The number of carbonyl (C=O) groups is 4. The van der Waals surface area contributed by atoms with Crippen LogP contribution in [0, 0.1) is 24.0 Å². The van der Waals surface area contributed by atoms with Crippen LogP contribution in [0.1, 0.15) is 45.1 Å². The van der Waals surface area contributed by atoms with Crippen molar-refractivity contribution in [3.8, 4) is 5.75 Å². The van der Waals surface area contributed by atoms with Gasteiger partial charge in [0.2, 0.25) is 0 Å².